The van der Waals surface area contributed by atoms with Crippen molar-refractivity contribution in [3.05, 3.63) is 16.9 Å². The summed E-state index contributed by atoms with van der Waals surface area (Å²) >= 11 is 8.07. The van der Waals surface area contributed by atoms with Crippen LogP contribution in [0.15, 0.2) is 16.9 Å². The molecule has 0 atom stereocenters. The van der Waals surface area contributed by atoms with Gasteiger partial charge in [0.25, 0.3) is 0 Å². The third kappa shape index (κ3) is 3.32. The Morgan fingerprint density at radius 2 is 2.50 bits per heavy atom. The van der Waals surface area contributed by atoms with Crippen molar-refractivity contribution < 1.29 is 0 Å². The number of halogens is 1. The maximum Gasteiger partial charge on any atom is 0.0728 e. The highest BCUT2D eigenvalue weighted by Gasteiger charge is 1.95. The minimum Gasteiger partial charge on any atom is -0.393 e. The monoisotopic (exact) mass is 247 g/mol. The molecular formula is C7H10BrN3S. The van der Waals surface area contributed by atoms with Gasteiger partial charge in [-0.1, -0.05) is 12.2 Å². The molecule has 66 valence electrons. The summed E-state index contributed by atoms with van der Waals surface area (Å²) in [6.45, 7) is 0.864. The number of rotatable bonds is 4. The van der Waals surface area contributed by atoms with Crippen LogP contribution in [0.3, 0.4) is 0 Å². The molecule has 0 aliphatic rings. The van der Waals surface area contributed by atoms with Crippen molar-refractivity contribution in [2.75, 3.05) is 0 Å². The van der Waals surface area contributed by atoms with Crippen LogP contribution in [-0.2, 0) is 6.54 Å². The van der Waals surface area contributed by atoms with Crippen LogP contribution in [0, 0.1) is 0 Å². The summed E-state index contributed by atoms with van der Waals surface area (Å²) in [7, 11) is 0. The Kier molecular flexibility index (Phi) is 3.68. The van der Waals surface area contributed by atoms with Crippen LogP contribution in [0.5, 0.6) is 0 Å². The van der Waals surface area contributed by atoms with E-state index in [1.54, 1.807) is 6.20 Å². The van der Waals surface area contributed by atoms with Gasteiger partial charge in [0.05, 0.1) is 15.7 Å². The first-order chi connectivity index (χ1) is 5.68. The molecule has 0 aromatic carbocycles. The zero-order valence-corrected chi connectivity index (χ0v) is 8.94. The molecule has 0 fully saturated rings. The predicted octanol–water partition coefficient (Wildman–Crippen LogP) is 1.71. The molecule has 1 aromatic rings. The van der Waals surface area contributed by atoms with Gasteiger partial charge >= 0.3 is 0 Å². The van der Waals surface area contributed by atoms with E-state index in [0.29, 0.717) is 4.99 Å². The summed E-state index contributed by atoms with van der Waals surface area (Å²) in [4.78, 5) is 0.571. The second-order valence-electron chi connectivity index (χ2n) is 2.49. The van der Waals surface area contributed by atoms with Crippen molar-refractivity contribution in [3.8, 4) is 0 Å². The Morgan fingerprint density at radius 3 is 3.00 bits per heavy atom. The van der Waals surface area contributed by atoms with Crippen LogP contribution in [0.4, 0.5) is 0 Å². The Bertz CT molecular complexity index is 271. The lowest BCUT2D eigenvalue weighted by Crippen LogP contribution is -2.09. The fourth-order valence-electron chi connectivity index (χ4n) is 0.876. The Labute approximate surface area is 85.1 Å². The first-order valence-corrected chi connectivity index (χ1v) is 4.85. The van der Waals surface area contributed by atoms with Crippen LogP contribution >= 0.6 is 28.1 Å². The second kappa shape index (κ2) is 4.57. The SMILES string of the molecule is NC(=S)CCCn1cc(Br)cn1. The molecule has 1 heterocycles. The van der Waals surface area contributed by atoms with Crippen molar-refractivity contribution in [1.82, 2.24) is 9.78 Å². The van der Waals surface area contributed by atoms with Gasteiger partial charge in [0.2, 0.25) is 0 Å². The highest BCUT2D eigenvalue weighted by Crippen LogP contribution is 2.06. The van der Waals surface area contributed by atoms with Gasteiger partial charge in [0, 0.05) is 12.7 Å². The highest BCUT2D eigenvalue weighted by molar-refractivity contribution is 9.10. The number of hydrogen-bond donors (Lipinski definition) is 1. The van der Waals surface area contributed by atoms with E-state index in [-0.39, 0.29) is 0 Å². The summed E-state index contributed by atoms with van der Waals surface area (Å²) < 4.78 is 2.86. The lowest BCUT2D eigenvalue weighted by atomic mass is 10.3. The molecule has 1 rings (SSSR count). The number of nitrogens with two attached hydrogens (primary N) is 1. The van der Waals surface area contributed by atoms with E-state index in [9.17, 15) is 0 Å². The smallest absolute Gasteiger partial charge is 0.0728 e. The van der Waals surface area contributed by atoms with Gasteiger partial charge in [-0.2, -0.15) is 5.10 Å². The zero-order valence-electron chi connectivity index (χ0n) is 6.53. The van der Waals surface area contributed by atoms with Gasteiger partial charge < -0.3 is 5.73 Å². The molecule has 0 radical (unpaired) electrons. The average molecular weight is 248 g/mol. The molecule has 0 aliphatic carbocycles. The summed E-state index contributed by atoms with van der Waals surface area (Å²) in [6.07, 6.45) is 5.43. The topological polar surface area (TPSA) is 43.8 Å². The molecule has 0 aliphatic heterocycles. The van der Waals surface area contributed by atoms with Gasteiger partial charge in [-0.3, -0.25) is 4.68 Å². The van der Waals surface area contributed by atoms with Crippen molar-refractivity contribution in [2.45, 2.75) is 19.4 Å². The zero-order chi connectivity index (χ0) is 8.97. The fraction of sp³-hybridized carbons (Fsp3) is 0.429. The van der Waals surface area contributed by atoms with Gasteiger partial charge in [0.1, 0.15) is 0 Å². The van der Waals surface area contributed by atoms with Crippen molar-refractivity contribution in [3.63, 3.8) is 0 Å². The van der Waals surface area contributed by atoms with E-state index < -0.39 is 0 Å². The maximum atomic E-state index is 5.35. The maximum absolute atomic E-state index is 5.35. The van der Waals surface area contributed by atoms with Crippen molar-refractivity contribution in [1.29, 1.82) is 0 Å². The molecule has 2 N–H and O–H groups in total. The van der Waals surface area contributed by atoms with E-state index in [2.05, 4.69) is 21.0 Å². The molecule has 0 amide bonds. The summed E-state index contributed by atoms with van der Waals surface area (Å²) in [5.41, 5.74) is 5.35. The summed E-state index contributed by atoms with van der Waals surface area (Å²) in [6, 6.07) is 0. The number of thiocarbonyl (C=S) groups is 1. The lowest BCUT2D eigenvalue weighted by molar-refractivity contribution is 0.589. The normalized spacial score (nSPS) is 10.1. The van der Waals surface area contributed by atoms with Crippen molar-refractivity contribution in [2.24, 2.45) is 5.73 Å². The molecule has 1 aromatic heterocycles. The molecule has 0 saturated heterocycles. The van der Waals surface area contributed by atoms with Crippen LogP contribution in [0.1, 0.15) is 12.8 Å². The number of hydrogen-bond acceptors (Lipinski definition) is 2. The number of aromatic nitrogens is 2. The lowest BCUT2D eigenvalue weighted by Gasteiger charge is -1.99. The molecule has 12 heavy (non-hydrogen) atoms. The second-order valence-corrected chi connectivity index (χ2v) is 3.93. The van der Waals surface area contributed by atoms with E-state index in [0.717, 1.165) is 23.9 Å². The Balaban J connectivity index is 2.29. The molecule has 0 saturated carbocycles. The fourth-order valence-corrected chi connectivity index (χ4v) is 1.35. The third-order valence-corrected chi connectivity index (χ3v) is 2.03. The van der Waals surface area contributed by atoms with Crippen molar-refractivity contribution >= 4 is 33.1 Å². The van der Waals surface area contributed by atoms with Crippen LogP contribution in [0.25, 0.3) is 0 Å². The van der Waals surface area contributed by atoms with E-state index >= 15 is 0 Å². The average Bonchev–Trinajstić information content (AvgIpc) is 2.35. The van der Waals surface area contributed by atoms with E-state index in [1.807, 2.05) is 10.9 Å². The Morgan fingerprint density at radius 1 is 1.75 bits per heavy atom. The van der Waals surface area contributed by atoms with Gasteiger partial charge in [0.15, 0.2) is 0 Å². The van der Waals surface area contributed by atoms with Crippen LogP contribution in [0.2, 0.25) is 0 Å². The standard InChI is InChI=1S/C7H10BrN3S/c8-6-4-10-11(5-6)3-1-2-7(9)12/h4-5H,1-3H2,(H2,9,12). The summed E-state index contributed by atoms with van der Waals surface area (Å²) in [5, 5.41) is 4.10. The minimum absolute atomic E-state index is 0.571. The minimum atomic E-state index is 0.571. The van der Waals surface area contributed by atoms with E-state index in [4.69, 9.17) is 18.0 Å². The van der Waals surface area contributed by atoms with Gasteiger partial charge in [-0.05, 0) is 28.8 Å². The molecular weight excluding hydrogens is 238 g/mol. The molecule has 3 nitrogen and oxygen atoms in total. The van der Waals surface area contributed by atoms with Gasteiger partial charge in [-0.15, -0.1) is 0 Å². The molecule has 0 bridgehead atoms. The van der Waals surface area contributed by atoms with E-state index in [1.165, 1.54) is 0 Å². The number of nitrogens with zero attached hydrogens (tertiary/aromatic N) is 2. The number of aryl methyl sites for hydroxylation is 1. The molecule has 0 unspecified atom stereocenters. The van der Waals surface area contributed by atoms with Crippen LogP contribution < -0.4 is 5.73 Å². The predicted molar refractivity (Wildman–Crippen MR) is 55.9 cm³/mol. The Hall–Kier alpha value is -0.420. The van der Waals surface area contributed by atoms with Crippen LogP contribution in [-0.4, -0.2) is 14.8 Å². The summed E-state index contributed by atoms with van der Waals surface area (Å²) in [5.74, 6) is 0. The third-order valence-electron chi connectivity index (χ3n) is 1.41. The molecule has 0 spiro atoms. The largest absolute Gasteiger partial charge is 0.393 e. The highest BCUT2D eigenvalue weighted by atomic mass is 79.9. The quantitative estimate of drug-likeness (QED) is 0.825. The first kappa shape index (κ1) is 9.67. The molecule has 5 heteroatoms. The first-order valence-electron chi connectivity index (χ1n) is 3.65. The van der Waals surface area contributed by atoms with Gasteiger partial charge in [-0.25, -0.2) is 0 Å².